The van der Waals surface area contributed by atoms with Crippen LogP contribution >= 0.6 is 0 Å². The Hall–Kier alpha value is -0.0900. The lowest BCUT2D eigenvalue weighted by atomic mass is 9.87. The number of sulfonamides is 1. The molecule has 1 saturated heterocycles. The van der Waals surface area contributed by atoms with Crippen molar-refractivity contribution in [2.75, 3.05) is 13.1 Å². The van der Waals surface area contributed by atoms with Gasteiger partial charge in [-0.2, -0.15) is 0 Å². The molecule has 16 heavy (non-hydrogen) atoms. The van der Waals surface area contributed by atoms with Gasteiger partial charge in [-0.15, -0.1) is 0 Å². The summed E-state index contributed by atoms with van der Waals surface area (Å²) in [6.45, 7) is 9.63. The van der Waals surface area contributed by atoms with E-state index in [1.165, 1.54) is 0 Å². The molecule has 0 N–H and O–H groups in total. The molecular weight excluding hydrogens is 222 g/mol. The molecule has 0 radical (unpaired) electrons. The van der Waals surface area contributed by atoms with Gasteiger partial charge in [-0.3, -0.25) is 0 Å². The molecule has 3 nitrogen and oxygen atoms in total. The Morgan fingerprint density at radius 1 is 1.19 bits per heavy atom. The minimum absolute atomic E-state index is 0.233. The van der Waals surface area contributed by atoms with Crippen molar-refractivity contribution < 1.29 is 8.42 Å². The van der Waals surface area contributed by atoms with Gasteiger partial charge in [0.15, 0.2) is 0 Å². The van der Waals surface area contributed by atoms with Crippen LogP contribution < -0.4 is 0 Å². The number of piperidine rings is 1. The summed E-state index contributed by atoms with van der Waals surface area (Å²) in [4.78, 5) is 0. The fraction of sp³-hybridized carbons (Fsp3) is 1.00. The van der Waals surface area contributed by atoms with E-state index in [2.05, 4.69) is 13.8 Å². The molecule has 0 aromatic rings. The number of rotatable bonds is 4. The average molecular weight is 247 g/mol. The predicted molar refractivity (Wildman–Crippen MR) is 67.8 cm³/mol. The van der Waals surface area contributed by atoms with Crippen molar-refractivity contribution in [1.29, 1.82) is 0 Å². The molecule has 0 aromatic heterocycles. The molecule has 0 aromatic carbocycles. The van der Waals surface area contributed by atoms with E-state index in [4.69, 9.17) is 0 Å². The van der Waals surface area contributed by atoms with Gasteiger partial charge in [-0.1, -0.05) is 20.8 Å². The first kappa shape index (κ1) is 14.0. The number of hydrogen-bond donors (Lipinski definition) is 0. The Bertz CT molecular complexity index is 303. The molecule has 1 aliphatic rings. The van der Waals surface area contributed by atoms with Crippen molar-refractivity contribution in [1.82, 2.24) is 4.31 Å². The van der Waals surface area contributed by atoms with Crippen LogP contribution in [0.5, 0.6) is 0 Å². The Balaban J connectivity index is 2.60. The maximum absolute atomic E-state index is 12.1. The fourth-order valence-corrected chi connectivity index (χ4v) is 3.91. The van der Waals surface area contributed by atoms with Gasteiger partial charge >= 0.3 is 0 Å². The minimum atomic E-state index is -3.03. The molecule has 4 heteroatoms. The van der Waals surface area contributed by atoms with Crippen LogP contribution in [0.3, 0.4) is 0 Å². The molecule has 0 saturated carbocycles. The molecule has 1 rings (SSSR count). The van der Waals surface area contributed by atoms with Crippen LogP contribution in [0.4, 0.5) is 0 Å². The van der Waals surface area contributed by atoms with Crippen LogP contribution in [0.25, 0.3) is 0 Å². The lowest BCUT2D eigenvalue weighted by Crippen LogP contribution is -2.43. The lowest BCUT2D eigenvalue weighted by Gasteiger charge is -2.34. The largest absolute Gasteiger partial charge is 0.216 e. The van der Waals surface area contributed by atoms with Crippen LogP contribution in [0, 0.1) is 11.8 Å². The molecule has 0 spiro atoms. The zero-order valence-electron chi connectivity index (χ0n) is 10.9. The SMILES string of the molecule is CCC(C)S(=O)(=O)N1CCC(C(C)C)CC1. The van der Waals surface area contributed by atoms with Gasteiger partial charge in [0.05, 0.1) is 5.25 Å². The van der Waals surface area contributed by atoms with E-state index in [1.807, 2.05) is 13.8 Å². The lowest BCUT2D eigenvalue weighted by molar-refractivity contribution is 0.225. The molecule has 0 aliphatic carbocycles. The second-order valence-electron chi connectivity index (χ2n) is 5.24. The zero-order chi connectivity index (χ0) is 12.3. The molecule has 1 atom stereocenters. The van der Waals surface area contributed by atoms with Crippen LogP contribution in [0.15, 0.2) is 0 Å². The summed E-state index contributed by atoms with van der Waals surface area (Å²) in [6.07, 6.45) is 2.74. The van der Waals surface area contributed by atoms with Gasteiger partial charge in [0.1, 0.15) is 0 Å². The highest BCUT2D eigenvalue weighted by atomic mass is 32.2. The number of hydrogen-bond acceptors (Lipinski definition) is 2. The van der Waals surface area contributed by atoms with E-state index < -0.39 is 10.0 Å². The molecule has 0 amide bonds. The van der Waals surface area contributed by atoms with Gasteiger partial charge in [-0.05, 0) is 38.0 Å². The van der Waals surface area contributed by atoms with E-state index in [0.717, 1.165) is 25.9 Å². The summed E-state index contributed by atoms with van der Waals surface area (Å²) >= 11 is 0. The van der Waals surface area contributed by atoms with Gasteiger partial charge in [0, 0.05) is 13.1 Å². The molecule has 1 aliphatic heterocycles. The third-order valence-electron chi connectivity index (χ3n) is 3.88. The molecule has 0 bridgehead atoms. The summed E-state index contributed by atoms with van der Waals surface area (Å²) in [5.41, 5.74) is 0. The maximum Gasteiger partial charge on any atom is 0.216 e. The second-order valence-corrected chi connectivity index (χ2v) is 7.60. The van der Waals surface area contributed by atoms with Crippen molar-refractivity contribution in [2.45, 2.75) is 52.2 Å². The van der Waals surface area contributed by atoms with Crippen molar-refractivity contribution in [3.63, 3.8) is 0 Å². The molecular formula is C12H25NO2S. The first-order chi connectivity index (χ1) is 7.39. The third-order valence-corrected chi connectivity index (χ3v) is 6.32. The smallest absolute Gasteiger partial charge is 0.212 e. The Labute approximate surface area is 100 Å². The molecule has 1 unspecified atom stereocenters. The monoisotopic (exact) mass is 247 g/mol. The average Bonchev–Trinajstić information content (AvgIpc) is 2.28. The molecule has 1 fully saturated rings. The van der Waals surface area contributed by atoms with Crippen LogP contribution in [-0.2, 0) is 10.0 Å². The van der Waals surface area contributed by atoms with E-state index >= 15 is 0 Å². The van der Waals surface area contributed by atoms with Crippen LogP contribution in [0.2, 0.25) is 0 Å². The van der Waals surface area contributed by atoms with Gasteiger partial charge in [0.2, 0.25) is 10.0 Å². The van der Waals surface area contributed by atoms with Crippen LogP contribution in [0.1, 0.15) is 47.0 Å². The fourth-order valence-electron chi connectivity index (χ4n) is 2.26. The van der Waals surface area contributed by atoms with E-state index in [-0.39, 0.29) is 5.25 Å². The van der Waals surface area contributed by atoms with Crippen molar-refractivity contribution >= 4 is 10.0 Å². The number of nitrogens with zero attached hydrogens (tertiary/aromatic N) is 1. The highest BCUT2D eigenvalue weighted by Crippen LogP contribution is 2.27. The maximum atomic E-state index is 12.1. The van der Waals surface area contributed by atoms with Gasteiger partial charge < -0.3 is 0 Å². The summed E-state index contributed by atoms with van der Waals surface area (Å²) in [6, 6.07) is 0. The van der Waals surface area contributed by atoms with Gasteiger partial charge in [-0.25, -0.2) is 12.7 Å². The summed E-state index contributed by atoms with van der Waals surface area (Å²) < 4.78 is 25.9. The topological polar surface area (TPSA) is 37.4 Å². The minimum Gasteiger partial charge on any atom is -0.212 e. The highest BCUT2D eigenvalue weighted by Gasteiger charge is 2.31. The third kappa shape index (κ3) is 2.98. The van der Waals surface area contributed by atoms with E-state index in [1.54, 1.807) is 4.31 Å². The van der Waals surface area contributed by atoms with Crippen molar-refractivity contribution in [3.8, 4) is 0 Å². The Morgan fingerprint density at radius 2 is 1.69 bits per heavy atom. The quantitative estimate of drug-likeness (QED) is 0.765. The summed E-state index contributed by atoms with van der Waals surface area (Å²) in [7, 11) is -3.03. The summed E-state index contributed by atoms with van der Waals surface area (Å²) in [5, 5.41) is -0.233. The summed E-state index contributed by atoms with van der Waals surface area (Å²) in [5.74, 6) is 1.37. The molecule has 96 valence electrons. The second kappa shape index (κ2) is 5.50. The predicted octanol–water partition coefficient (Wildman–Crippen LogP) is 2.48. The van der Waals surface area contributed by atoms with Crippen molar-refractivity contribution in [3.05, 3.63) is 0 Å². The van der Waals surface area contributed by atoms with Gasteiger partial charge in [0.25, 0.3) is 0 Å². The molecule has 1 heterocycles. The Morgan fingerprint density at radius 3 is 2.06 bits per heavy atom. The zero-order valence-corrected chi connectivity index (χ0v) is 11.8. The van der Waals surface area contributed by atoms with Crippen molar-refractivity contribution in [2.24, 2.45) is 11.8 Å². The first-order valence-electron chi connectivity index (χ1n) is 6.38. The van der Waals surface area contributed by atoms with E-state index in [9.17, 15) is 8.42 Å². The highest BCUT2D eigenvalue weighted by molar-refractivity contribution is 7.89. The van der Waals surface area contributed by atoms with Crippen LogP contribution in [-0.4, -0.2) is 31.1 Å². The first-order valence-corrected chi connectivity index (χ1v) is 7.88. The standard InChI is InChI=1S/C12H25NO2S/c1-5-11(4)16(14,15)13-8-6-12(7-9-13)10(2)3/h10-12H,5-9H2,1-4H3. The normalized spacial score (nSPS) is 22.6. The van der Waals surface area contributed by atoms with E-state index in [0.29, 0.717) is 18.3 Å². The Kier molecular flexibility index (Phi) is 4.80.